The van der Waals surface area contributed by atoms with Crippen LogP contribution >= 0.6 is 0 Å². The summed E-state index contributed by atoms with van der Waals surface area (Å²) in [4.78, 5) is 14.8. The van der Waals surface area contributed by atoms with Crippen molar-refractivity contribution in [2.24, 2.45) is 0 Å². The quantitative estimate of drug-likeness (QED) is 0.577. The van der Waals surface area contributed by atoms with E-state index in [0.29, 0.717) is 35.9 Å². The van der Waals surface area contributed by atoms with E-state index in [1.54, 1.807) is 6.07 Å². The van der Waals surface area contributed by atoms with E-state index in [-0.39, 0.29) is 0 Å². The molecule has 3 aromatic heterocycles. The maximum atomic E-state index is 9.14. The monoisotopic (exact) mass is 345 g/mol. The lowest BCUT2D eigenvalue weighted by atomic mass is 10.1. The SMILES string of the molecule is N#Cc1ccc2[nH]nc(-c3nc4nc(N5CCOCC5)ccc4[nH]3)c2c1. The third-order valence-corrected chi connectivity index (χ3v) is 4.58. The summed E-state index contributed by atoms with van der Waals surface area (Å²) in [5, 5.41) is 17.3. The van der Waals surface area contributed by atoms with Gasteiger partial charge in [-0.1, -0.05) is 0 Å². The van der Waals surface area contributed by atoms with Crippen LogP contribution in [0.5, 0.6) is 0 Å². The van der Waals surface area contributed by atoms with Gasteiger partial charge in [0.15, 0.2) is 11.5 Å². The smallest absolute Gasteiger partial charge is 0.180 e. The number of imidazole rings is 1. The molecule has 0 spiro atoms. The Morgan fingerprint density at radius 2 is 1.92 bits per heavy atom. The Morgan fingerprint density at radius 3 is 2.77 bits per heavy atom. The van der Waals surface area contributed by atoms with Crippen LogP contribution in [0.25, 0.3) is 33.6 Å². The maximum Gasteiger partial charge on any atom is 0.180 e. The summed E-state index contributed by atoms with van der Waals surface area (Å²) < 4.78 is 5.40. The van der Waals surface area contributed by atoms with Gasteiger partial charge in [0.05, 0.1) is 35.9 Å². The zero-order chi connectivity index (χ0) is 17.5. The summed E-state index contributed by atoms with van der Waals surface area (Å²) in [5.74, 6) is 1.53. The van der Waals surface area contributed by atoms with Crippen LogP contribution < -0.4 is 4.90 Å². The van der Waals surface area contributed by atoms with Crippen LogP contribution in [0.4, 0.5) is 5.82 Å². The van der Waals surface area contributed by atoms with Crippen LogP contribution in [0.15, 0.2) is 30.3 Å². The summed E-state index contributed by atoms with van der Waals surface area (Å²) >= 11 is 0. The summed E-state index contributed by atoms with van der Waals surface area (Å²) in [5.41, 5.74) is 3.63. The second kappa shape index (κ2) is 5.82. The van der Waals surface area contributed by atoms with Crippen LogP contribution in [0.1, 0.15) is 5.56 Å². The summed E-state index contributed by atoms with van der Waals surface area (Å²) in [6.07, 6.45) is 0. The first kappa shape index (κ1) is 14.9. The van der Waals surface area contributed by atoms with Crippen molar-refractivity contribution in [3.05, 3.63) is 35.9 Å². The second-order valence-corrected chi connectivity index (χ2v) is 6.17. The van der Waals surface area contributed by atoms with Crippen molar-refractivity contribution in [2.45, 2.75) is 0 Å². The van der Waals surface area contributed by atoms with Gasteiger partial charge in [-0.3, -0.25) is 5.10 Å². The molecule has 4 aromatic rings. The molecule has 5 rings (SSSR count). The average Bonchev–Trinajstić information content (AvgIpc) is 3.31. The first-order valence-corrected chi connectivity index (χ1v) is 8.40. The molecule has 0 aliphatic carbocycles. The highest BCUT2D eigenvalue weighted by molar-refractivity contribution is 5.93. The molecule has 1 aliphatic rings. The van der Waals surface area contributed by atoms with Gasteiger partial charge < -0.3 is 14.6 Å². The number of morpholine rings is 1. The van der Waals surface area contributed by atoms with E-state index in [1.807, 2.05) is 24.3 Å². The molecule has 0 saturated carbocycles. The first-order valence-electron chi connectivity index (χ1n) is 8.40. The predicted octanol–water partition coefficient (Wildman–Crippen LogP) is 2.21. The highest BCUT2D eigenvalue weighted by Crippen LogP contribution is 2.27. The number of H-pyrrole nitrogens is 2. The van der Waals surface area contributed by atoms with Gasteiger partial charge in [-0.25, -0.2) is 9.97 Å². The number of hydrogen-bond acceptors (Lipinski definition) is 6. The standard InChI is InChI=1S/C18H15N7O/c19-10-11-1-2-13-12(9-11)16(24-23-13)18-20-14-3-4-15(21-17(14)22-18)25-5-7-26-8-6-25/h1-4,9H,5-8H2,(H,23,24)(H,20,21,22). The highest BCUT2D eigenvalue weighted by Gasteiger charge is 2.16. The molecule has 1 aliphatic heterocycles. The number of aromatic nitrogens is 5. The number of hydrogen-bond donors (Lipinski definition) is 2. The molecule has 4 heterocycles. The van der Waals surface area contributed by atoms with Gasteiger partial charge in [0.2, 0.25) is 0 Å². The minimum absolute atomic E-state index is 0.587. The Bertz CT molecular complexity index is 1150. The number of nitrogens with one attached hydrogen (secondary N) is 2. The van der Waals surface area contributed by atoms with Gasteiger partial charge in [0, 0.05) is 18.5 Å². The van der Waals surface area contributed by atoms with E-state index in [9.17, 15) is 0 Å². The largest absolute Gasteiger partial charge is 0.378 e. The number of rotatable bonds is 2. The number of nitrogens with zero attached hydrogens (tertiary/aromatic N) is 5. The van der Waals surface area contributed by atoms with Gasteiger partial charge in [-0.2, -0.15) is 10.4 Å². The molecule has 1 aromatic carbocycles. The first-order chi connectivity index (χ1) is 12.8. The van der Waals surface area contributed by atoms with Gasteiger partial charge >= 0.3 is 0 Å². The van der Waals surface area contributed by atoms with Crippen molar-refractivity contribution in [1.82, 2.24) is 25.1 Å². The van der Waals surface area contributed by atoms with E-state index in [1.165, 1.54) is 0 Å². The van der Waals surface area contributed by atoms with Crippen LogP contribution in [0, 0.1) is 11.3 Å². The Hall–Kier alpha value is -3.44. The van der Waals surface area contributed by atoms with E-state index in [2.05, 4.69) is 36.1 Å². The fourth-order valence-electron chi connectivity index (χ4n) is 3.23. The summed E-state index contributed by atoms with van der Waals surface area (Å²) in [7, 11) is 0. The highest BCUT2D eigenvalue weighted by atomic mass is 16.5. The Kier molecular flexibility index (Phi) is 3.33. The van der Waals surface area contributed by atoms with Gasteiger partial charge in [-0.15, -0.1) is 0 Å². The molecule has 26 heavy (non-hydrogen) atoms. The van der Waals surface area contributed by atoms with Gasteiger partial charge in [-0.05, 0) is 30.3 Å². The lowest BCUT2D eigenvalue weighted by Crippen LogP contribution is -2.36. The fourth-order valence-corrected chi connectivity index (χ4v) is 3.23. The number of ether oxygens (including phenoxy) is 1. The van der Waals surface area contributed by atoms with E-state index < -0.39 is 0 Å². The average molecular weight is 345 g/mol. The zero-order valence-corrected chi connectivity index (χ0v) is 13.9. The molecule has 0 bridgehead atoms. The topological polar surface area (TPSA) is 107 Å². The molecule has 0 atom stereocenters. The third kappa shape index (κ3) is 2.37. The molecular formula is C18H15N7O. The molecule has 2 N–H and O–H groups in total. The number of benzene rings is 1. The molecule has 128 valence electrons. The van der Waals surface area contributed by atoms with Gasteiger partial charge in [0.1, 0.15) is 11.5 Å². The minimum atomic E-state index is 0.587. The second-order valence-electron chi connectivity index (χ2n) is 6.17. The number of fused-ring (bicyclic) bond motifs is 2. The maximum absolute atomic E-state index is 9.14. The third-order valence-electron chi connectivity index (χ3n) is 4.58. The van der Waals surface area contributed by atoms with Crippen LogP contribution in [0.2, 0.25) is 0 Å². The molecule has 0 radical (unpaired) electrons. The molecule has 1 fully saturated rings. The summed E-state index contributed by atoms with van der Waals surface area (Å²) in [6.45, 7) is 3.09. The van der Waals surface area contributed by atoms with E-state index >= 15 is 0 Å². The normalized spacial score (nSPS) is 14.8. The lowest BCUT2D eigenvalue weighted by molar-refractivity contribution is 0.122. The molecular weight excluding hydrogens is 330 g/mol. The van der Waals surface area contributed by atoms with Crippen LogP contribution in [-0.4, -0.2) is 51.5 Å². The Balaban J connectivity index is 1.58. The van der Waals surface area contributed by atoms with Crippen molar-refractivity contribution < 1.29 is 4.74 Å². The van der Waals surface area contributed by atoms with E-state index in [4.69, 9.17) is 10.00 Å². The number of pyridine rings is 1. The molecule has 8 heteroatoms. The molecule has 8 nitrogen and oxygen atoms in total. The van der Waals surface area contributed by atoms with Crippen molar-refractivity contribution in [3.8, 4) is 17.6 Å². The molecule has 0 amide bonds. The number of anilines is 1. The van der Waals surface area contributed by atoms with E-state index in [0.717, 1.165) is 35.3 Å². The van der Waals surface area contributed by atoms with Crippen LogP contribution in [0.3, 0.4) is 0 Å². The molecule has 1 saturated heterocycles. The lowest BCUT2D eigenvalue weighted by Gasteiger charge is -2.27. The number of nitriles is 1. The Morgan fingerprint density at radius 1 is 1.08 bits per heavy atom. The van der Waals surface area contributed by atoms with Crippen LogP contribution in [-0.2, 0) is 4.74 Å². The van der Waals surface area contributed by atoms with Crippen molar-refractivity contribution >= 4 is 27.9 Å². The Labute approximate surface area is 148 Å². The van der Waals surface area contributed by atoms with Crippen molar-refractivity contribution in [1.29, 1.82) is 5.26 Å². The van der Waals surface area contributed by atoms with Crippen molar-refractivity contribution in [3.63, 3.8) is 0 Å². The fraction of sp³-hybridized carbons (Fsp3) is 0.222. The summed E-state index contributed by atoms with van der Waals surface area (Å²) in [6, 6.07) is 11.6. The molecule has 0 unspecified atom stereocenters. The zero-order valence-electron chi connectivity index (χ0n) is 13.9. The van der Waals surface area contributed by atoms with Gasteiger partial charge in [0.25, 0.3) is 0 Å². The minimum Gasteiger partial charge on any atom is -0.378 e. The van der Waals surface area contributed by atoms with Crippen molar-refractivity contribution in [2.75, 3.05) is 31.2 Å². The number of aromatic amines is 2. The predicted molar refractivity (Wildman–Crippen MR) is 96.7 cm³/mol.